The lowest BCUT2D eigenvalue weighted by Crippen LogP contribution is -2.46. The van der Waals surface area contributed by atoms with Crippen molar-refractivity contribution in [3.05, 3.63) is 29.8 Å². The summed E-state index contributed by atoms with van der Waals surface area (Å²) in [6, 6.07) is 6.95. The molecule has 1 saturated heterocycles. The molecule has 0 radical (unpaired) electrons. The van der Waals surface area contributed by atoms with Crippen LogP contribution in [0, 0.1) is 0 Å². The first-order chi connectivity index (χ1) is 8.70. The van der Waals surface area contributed by atoms with Crippen LogP contribution < -0.4 is 10.0 Å². The third-order valence-corrected chi connectivity index (χ3v) is 3.38. The standard InChI is InChI=1S/C14H20N2O2/c1-2-7-15-8-10-16(11-9-15)13-5-3-12(4-6-13)14(17)18/h3-6H,2,7-11H2,1H3,(H,17,18)/p-1. The van der Waals surface area contributed by atoms with Gasteiger partial charge >= 0.3 is 0 Å². The molecule has 1 heterocycles. The summed E-state index contributed by atoms with van der Waals surface area (Å²) in [6.45, 7) is 7.53. The topological polar surface area (TPSA) is 46.6 Å². The van der Waals surface area contributed by atoms with E-state index in [1.54, 1.807) is 12.1 Å². The van der Waals surface area contributed by atoms with Crippen molar-refractivity contribution in [2.45, 2.75) is 13.3 Å². The zero-order chi connectivity index (χ0) is 13.0. The minimum absolute atomic E-state index is 0.239. The number of benzene rings is 1. The number of aromatic carboxylic acids is 1. The summed E-state index contributed by atoms with van der Waals surface area (Å²) in [5.74, 6) is -1.12. The van der Waals surface area contributed by atoms with Gasteiger partial charge in [-0.1, -0.05) is 19.1 Å². The SMILES string of the molecule is CCCN1CCN(c2ccc(C(=O)[O-])cc2)CC1. The second-order valence-corrected chi connectivity index (χ2v) is 4.66. The Morgan fingerprint density at radius 3 is 2.28 bits per heavy atom. The number of carboxylic acids is 1. The molecule has 2 rings (SSSR count). The van der Waals surface area contributed by atoms with Crippen LogP contribution in [0.4, 0.5) is 5.69 Å². The van der Waals surface area contributed by atoms with Crippen molar-refractivity contribution in [2.24, 2.45) is 0 Å². The minimum atomic E-state index is -1.12. The molecule has 4 heteroatoms. The first-order valence-electron chi connectivity index (χ1n) is 6.49. The molecule has 0 bridgehead atoms. The molecular formula is C14H19N2O2-. The normalized spacial score (nSPS) is 16.8. The predicted molar refractivity (Wildman–Crippen MR) is 69.7 cm³/mol. The van der Waals surface area contributed by atoms with Gasteiger partial charge in [-0.25, -0.2) is 0 Å². The molecule has 4 nitrogen and oxygen atoms in total. The number of hydrogen-bond donors (Lipinski definition) is 0. The quantitative estimate of drug-likeness (QED) is 0.781. The zero-order valence-corrected chi connectivity index (χ0v) is 10.8. The van der Waals surface area contributed by atoms with Gasteiger partial charge < -0.3 is 14.8 Å². The lowest BCUT2D eigenvalue weighted by atomic mass is 10.2. The third-order valence-electron chi connectivity index (χ3n) is 3.38. The van der Waals surface area contributed by atoms with Crippen molar-refractivity contribution in [1.82, 2.24) is 4.90 Å². The number of carbonyl (C=O) groups is 1. The molecule has 0 atom stereocenters. The number of carbonyl (C=O) groups excluding carboxylic acids is 1. The van der Waals surface area contributed by atoms with Crippen molar-refractivity contribution in [1.29, 1.82) is 0 Å². The van der Waals surface area contributed by atoms with Crippen molar-refractivity contribution < 1.29 is 9.90 Å². The molecule has 1 aliphatic rings. The van der Waals surface area contributed by atoms with Gasteiger partial charge in [-0.3, -0.25) is 4.90 Å². The largest absolute Gasteiger partial charge is 0.545 e. The van der Waals surface area contributed by atoms with Gasteiger partial charge in [0.2, 0.25) is 0 Å². The number of anilines is 1. The van der Waals surface area contributed by atoms with Crippen molar-refractivity contribution >= 4 is 11.7 Å². The van der Waals surface area contributed by atoms with E-state index >= 15 is 0 Å². The lowest BCUT2D eigenvalue weighted by molar-refractivity contribution is -0.255. The highest BCUT2D eigenvalue weighted by molar-refractivity contribution is 5.86. The molecule has 98 valence electrons. The van der Waals surface area contributed by atoms with E-state index < -0.39 is 5.97 Å². The van der Waals surface area contributed by atoms with Crippen LogP contribution in [0.3, 0.4) is 0 Å². The second kappa shape index (κ2) is 5.87. The van der Waals surface area contributed by atoms with Crippen LogP contribution in [0.1, 0.15) is 23.7 Å². The summed E-state index contributed by atoms with van der Waals surface area (Å²) in [7, 11) is 0. The Morgan fingerprint density at radius 1 is 1.17 bits per heavy atom. The van der Waals surface area contributed by atoms with E-state index in [0.717, 1.165) is 38.4 Å². The maximum absolute atomic E-state index is 10.7. The lowest BCUT2D eigenvalue weighted by Gasteiger charge is -2.36. The Morgan fingerprint density at radius 2 is 1.78 bits per heavy atom. The number of carboxylic acid groups (broad SMARTS) is 1. The molecule has 0 unspecified atom stereocenters. The molecule has 0 amide bonds. The van der Waals surface area contributed by atoms with E-state index in [9.17, 15) is 9.90 Å². The average molecular weight is 247 g/mol. The molecular weight excluding hydrogens is 228 g/mol. The van der Waals surface area contributed by atoms with Crippen LogP contribution in [-0.2, 0) is 0 Å². The van der Waals surface area contributed by atoms with E-state index in [0.29, 0.717) is 0 Å². The Hall–Kier alpha value is -1.55. The summed E-state index contributed by atoms with van der Waals surface area (Å²) >= 11 is 0. The van der Waals surface area contributed by atoms with E-state index in [2.05, 4.69) is 16.7 Å². The summed E-state index contributed by atoms with van der Waals surface area (Å²) in [4.78, 5) is 15.4. The van der Waals surface area contributed by atoms with Gasteiger partial charge in [-0.05, 0) is 30.7 Å². The summed E-state index contributed by atoms with van der Waals surface area (Å²) in [6.07, 6.45) is 1.19. The van der Waals surface area contributed by atoms with Crippen LogP contribution in [0.5, 0.6) is 0 Å². The summed E-state index contributed by atoms with van der Waals surface area (Å²) in [5.41, 5.74) is 1.33. The predicted octanol–water partition coefficient (Wildman–Crippen LogP) is 0.582. The van der Waals surface area contributed by atoms with Crippen LogP contribution in [0.2, 0.25) is 0 Å². The maximum atomic E-state index is 10.7. The maximum Gasteiger partial charge on any atom is 0.0715 e. The van der Waals surface area contributed by atoms with Gasteiger partial charge in [0.05, 0.1) is 5.97 Å². The molecule has 1 aliphatic heterocycles. The average Bonchev–Trinajstić information content (AvgIpc) is 2.40. The van der Waals surface area contributed by atoms with E-state index in [4.69, 9.17) is 0 Å². The van der Waals surface area contributed by atoms with Crippen molar-refractivity contribution in [2.75, 3.05) is 37.6 Å². The number of piperazine rings is 1. The van der Waals surface area contributed by atoms with Crippen molar-refractivity contribution in [3.63, 3.8) is 0 Å². The van der Waals surface area contributed by atoms with E-state index in [-0.39, 0.29) is 5.56 Å². The van der Waals surface area contributed by atoms with Crippen LogP contribution in [-0.4, -0.2) is 43.6 Å². The van der Waals surface area contributed by atoms with Gasteiger partial charge in [0.1, 0.15) is 0 Å². The monoisotopic (exact) mass is 247 g/mol. The van der Waals surface area contributed by atoms with Gasteiger partial charge in [-0.2, -0.15) is 0 Å². The van der Waals surface area contributed by atoms with E-state index in [1.807, 2.05) is 12.1 Å². The van der Waals surface area contributed by atoms with Crippen LogP contribution in [0.15, 0.2) is 24.3 Å². The highest BCUT2D eigenvalue weighted by atomic mass is 16.4. The van der Waals surface area contributed by atoms with Gasteiger partial charge in [0.15, 0.2) is 0 Å². The fourth-order valence-electron chi connectivity index (χ4n) is 2.35. The van der Waals surface area contributed by atoms with Gasteiger partial charge in [0, 0.05) is 31.9 Å². The van der Waals surface area contributed by atoms with Gasteiger partial charge in [-0.15, -0.1) is 0 Å². The van der Waals surface area contributed by atoms with Gasteiger partial charge in [0.25, 0.3) is 0 Å². The van der Waals surface area contributed by atoms with E-state index in [1.165, 1.54) is 6.42 Å². The fourth-order valence-corrected chi connectivity index (χ4v) is 2.35. The summed E-state index contributed by atoms with van der Waals surface area (Å²) in [5, 5.41) is 10.7. The Labute approximate surface area is 108 Å². The Kier molecular flexibility index (Phi) is 4.20. The highest BCUT2D eigenvalue weighted by Gasteiger charge is 2.16. The molecule has 0 aliphatic carbocycles. The molecule has 18 heavy (non-hydrogen) atoms. The smallest absolute Gasteiger partial charge is 0.0715 e. The number of nitrogens with zero attached hydrogens (tertiary/aromatic N) is 2. The third kappa shape index (κ3) is 3.01. The Balaban J connectivity index is 1.95. The molecule has 0 aromatic heterocycles. The zero-order valence-electron chi connectivity index (χ0n) is 10.8. The highest BCUT2D eigenvalue weighted by Crippen LogP contribution is 2.17. The molecule has 1 fully saturated rings. The van der Waals surface area contributed by atoms with Crippen molar-refractivity contribution in [3.8, 4) is 0 Å². The Bertz CT molecular complexity index is 395. The molecule has 0 N–H and O–H groups in total. The summed E-state index contributed by atoms with van der Waals surface area (Å²) < 4.78 is 0. The number of rotatable bonds is 4. The molecule has 1 aromatic rings. The second-order valence-electron chi connectivity index (χ2n) is 4.66. The minimum Gasteiger partial charge on any atom is -0.545 e. The molecule has 1 aromatic carbocycles. The fraction of sp³-hybridized carbons (Fsp3) is 0.500. The number of hydrogen-bond acceptors (Lipinski definition) is 4. The van der Waals surface area contributed by atoms with Crippen LogP contribution >= 0.6 is 0 Å². The first kappa shape index (κ1) is 12.9. The van der Waals surface area contributed by atoms with Crippen LogP contribution in [0.25, 0.3) is 0 Å². The molecule has 0 saturated carbocycles. The molecule has 0 spiro atoms. The first-order valence-corrected chi connectivity index (χ1v) is 6.49.